The average Bonchev–Trinajstić information content (AvgIpc) is 3.16. The van der Waals surface area contributed by atoms with Gasteiger partial charge in [0.15, 0.2) is 11.4 Å². The highest BCUT2D eigenvalue weighted by atomic mass is 16.6. The maximum Gasteiger partial charge on any atom is 0.307 e. The van der Waals surface area contributed by atoms with E-state index in [1.165, 1.54) is 0 Å². The number of para-hydroxylation sites is 1. The summed E-state index contributed by atoms with van der Waals surface area (Å²) in [5.74, 6) is -0.522. The molecule has 0 spiro atoms. The number of aromatic nitrogens is 2. The Kier molecular flexibility index (Phi) is 4.96. The molecule has 1 aliphatic carbocycles. The zero-order chi connectivity index (χ0) is 22.5. The van der Waals surface area contributed by atoms with Crippen molar-refractivity contribution in [1.82, 2.24) is 9.55 Å². The predicted molar refractivity (Wildman–Crippen MR) is 121 cm³/mol. The van der Waals surface area contributed by atoms with Crippen LogP contribution in [0, 0.1) is 0 Å². The van der Waals surface area contributed by atoms with Gasteiger partial charge in [0.2, 0.25) is 0 Å². The summed E-state index contributed by atoms with van der Waals surface area (Å²) in [6, 6.07) is 11.8. The number of nitrogens with zero attached hydrogens (tertiary/aromatic N) is 2. The lowest BCUT2D eigenvalue weighted by Crippen LogP contribution is -2.46. The Bertz CT molecular complexity index is 1320. The number of ketones is 1. The molecule has 0 bridgehead atoms. The molecule has 0 saturated carbocycles. The van der Waals surface area contributed by atoms with E-state index >= 15 is 0 Å². The number of rotatable bonds is 5. The summed E-state index contributed by atoms with van der Waals surface area (Å²) in [5.41, 5.74) is 2.89. The number of fused-ring (bicyclic) bond motifs is 5. The van der Waals surface area contributed by atoms with Crippen molar-refractivity contribution >= 4 is 22.7 Å². The number of ether oxygens (including phenoxy) is 1. The van der Waals surface area contributed by atoms with Crippen LogP contribution < -0.4 is 5.56 Å². The van der Waals surface area contributed by atoms with Crippen molar-refractivity contribution < 1.29 is 14.3 Å². The van der Waals surface area contributed by atoms with E-state index in [9.17, 15) is 14.4 Å². The first-order valence-corrected chi connectivity index (χ1v) is 11.4. The molecule has 1 aromatic carbocycles. The van der Waals surface area contributed by atoms with Crippen LogP contribution in [0.5, 0.6) is 0 Å². The van der Waals surface area contributed by atoms with Gasteiger partial charge in [0, 0.05) is 34.9 Å². The molecule has 0 radical (unpaired) electrons. The molecule has 0 unspecified atom stereocenters. The minimum Gasteiger partial charge on any atom is -0.446 e. The summed E-state index contributed by atoms with van der Waals surface area (Å²) in [5, 5.41) is 1.03. The summed E-state index contributed by atoms with van der Waals surface area (Å²) >= 11 is 0. The number of esters is 1. The number of benzene rings is 1. The van der Waals surface area contributed by atoms with Gasteiger partial charge in [0.1, 0.15) is 0 Å². The van der Waals surface area contributed by atoms with E-state index in [0.717, 1.165) is 28.6 Å². The van der Waals surface area contributed by atoms with E-state index in [-0.39, 0.29) is 30.2 Å². The van der Waals surface area contributed by atoms with Gasteiger partial charge in [-0.2, -0.15) is 0 Å². The van der Waals surface area contributed by atoms with Crippen LogP contribution in [-0.4, -0.2) is 21.3 Å². The normalized spacial score (nSPS) is 18.9. The molecular formula is C26H26N2O4. The summed E-state index contributed by atoms with van der Waals surface area (Å²) in [6.07, 6.45) is 2.71. The molecule has 32 heavy (non-hydrogen) atoms. The van der Waals surface area contributed by atoms with Gasteiger partial charge in [0.25, 0.3) is 5.56 Å². The van der Waals surface area contributed by atoms with Crippen molar-refractivity contribution in [3.05, 3.63) is 63.4 Å². The van der Waals surface area contributed by atoms with Crippen molar-refractivity contribution in [1.29, 1.82) is 0 Å². The van der Waals surface area contributed by atoms with Gasteiger partial charge in [-0.25, -0.2) is 4.98 Å². The van der Waals surface area contributed by atoms with Gasteiger partial charge >= 0.3 is 5.97 Å². The number of pyridine rings is 2. The molecule has 0 fully saturated rings. The quantitative estimate of drug-likeness (QED) is 0.442. The minimum absolute atomic E-state index is 0.116. The second kappa shape index (κ2) is 7.69. The third kappa shape index (κ3) is 3.00. The maximum absolute atomic E-state index is 13.5. The fraction of sp³-hybridized carbons (Fsp3) is 0.385. The van der Waals surface area contributed by atoms with Gasteiger partial charge in [-0.05, 0) is 37.5 Å². The van der Waals surface area contributed by atoms with E-state index in [1.807, 2.05) is 44.2 Å². The van der Waals surface area contributed by atoms with E-state index in [1.54, 1.807) is 4.57 Å². The first kappa shape index (κ1) is 20.6. The lowest BCUT2D eigenvalue weighted by atomic mass is 9.76. The predicted octanol–water partition coefficient (Wildman–Crippen LogP) is 4.28. The molecule has 164 valence electrons. The van der Waals surface area contributed by atoms with Crippen LogP contribution in [0.3, 0.4) is 0 Å². The van der Waals surface area contributed by atoms with Crippen LogP contribution in [0.4, 0.5) is 0 Å². The highest BCUT2D eigenvalue weighted by Crippen LogP contribution is 2.41. The van der Waals surface area contributed by atoms with Crippen LogP contribution in [0.1, 0.15) is 62.6 Å². The van der Waals surface area contributed by atoms with Crippen molar-refractivity contribution in [2.24, 2.45) is 0 Å². The Hall–Kier alpha value is -3.28. The topological polar surface area (TPSA) is 78.3 Å². The first-order chi connectivity index (χ1) is 15.5. The molecule has 3 heterocycles. The lowest BCUT2D eigenvalue weighted by Gasteiger charge is -2.36. The zero-order valence-electron chi connectivity index (χ0n) is 18.4. The van der Waals surface area contributed by atoms with Gasteiger partial charge in [-0.1, -0.05) is 38.5 Å². The van der Waals surface area contributed by atoms with Crippen LogP contribution in [-0.2, 0) is 32.9 Å². The summed E-state index contributed by atoms with van der Waals surface area (Å²) in [4.78, 5) is 44.1. The molecular weight excluding hydrogens is 404 g/mol. The monoisotopic (exact) mass is 430 g/mol. The second-order valence-corrected chi connectivity index (χ2v) is 8.68. The molecule has 3 aromatic rings. The fourth-order valence-electron chi connectivity index (χ4n) is 5.05. The fourth-order valence-corrected chi connectivity index (χ4v) is 5.05. The van der Waals surface area contributed by atoms with Crippen LogP contribution >= 0.6 is 0 Å². The molecule has 1 aliphatic heterocycles. The van der Waals surface area contributed by atoms with Crippen LogP contribution in [0.25, 0.3) is 22.3 Å². The van der Waals surface area contributed by atoms with Crippen LogP contribution in [0.2, 0.25) is 0 Å². The molecule has 2 aromatic heterocycles. The van der Waals surface area contributed by atoms with Crippen molar-refractivity contribution in [2.45, 2.75) is 64.5 Å². The largest absolute Gasteiger partial charge is 0.446 e. The Morgan fingerprint density at radius 2 is 1.97 bits per heavy atom. The van der Waals surface area contributed by atoms with Gasteiger partial charge in [0.05, 0.1) is 23.4 Å². The van der Waals surface area contributed by atoms with E-state index in [2.05, 4.69) is 6.07 Å². The van der Waals surface area contributed by atoms with Crippen molar-refractivity contribution in [2.75, 3.05) is 0 Å². The lowest BCUT2D eigenvalue weighted by molar-refractivity contribution is -0.170. The standard InChI is InChI=1S/C26H26N2O4/c1-3-5-10-23(30)32-26(4-2)19-14-21-24-17(13-16-8-6-7-9-20(16)27-24)15-28(21)25(31)18(19)11-12-22(26)29/h6-9,13-14H,3-5,10-12,15H2,1-2H3/t26-/m0/s1. The van der Waals surface area contributed by atoms with E-state index in [4.69, 9.17) is 9.72 Å². The molecule has 0 N–H and O–H groups in total. The molecule has 0 saturated heterocycles. The Morgan fingerprint density at radius 1 is 1.16 bits per heavy atom. The first-order valence-electron chi connectivity index (χ1n) is 11.4. The molecule has 2 aliphatic rings. The molecule has 6 nitrogen and oxygen atoms in total. The Morgan fingerprint density at radius 3 is 2.75 bits per heavy atom. The number of carbonyl (C=O) groups is 2. The smallest absolute Gasteiger partial charge is 0.307 e. The van der Waals surface area contributed by atoms with Gasteiger partial charge in [-0.15, -0.1) is 0 Å². The summed E-state index contributed by atoms with van der Waals surface area (Å²) < 4.78 is 7.63. The van der Waals surface area contributed by atoms with Crippen molar-refractivity contribution in [3.63, 3.8) is 0 Å². The molecule has 0 amide bonds. The Balaban J connectivity index is 1.69. The average molecular weight is 431 g/mol. The van der Waals surface area contributed by atoms with Gasteiger partial charge < -0.3 is 9.30 Å². The minimum atomic E-state index is -1.40. The SMILES string of the molecule is CCCCC(=O)O[C@]1(CC)C(=O)CCc2c1cc1n(c2=O)Cc2cc3ccccc3nc2-1. The summed E-state index contributed by atoms with van der Waals surface area (Å²) in [6.45, 7) is 4.30. The number of hydrogen-bond acceptors (Lipinski definition) is 5. The number of unbranched alkanes of at least 4 members (excludes halogenated alkanes) is 1. The highest BCUT2D eigenvalue weighted by molar-refractivity contribution is 5.93. The van der Waals surface area contributed by atoms with Gasteiger partial charge in [-0.3, -0.25) is 14.4 Å². The number of Topliss-reactive ketones (excluding diaryl/α,β-unsaturated/α-hetero) is 1. The molecule has 6 heteroatoms. The number of carbonyl (C=O) groups excluding carboxylic acids is 2. The third-order valence-electron chi connectivity index (χ3n) is 6.78. The van der Waals surface area contributed by atoms with Crippen molar-refractivity contribution in [3.8, 4) is 11.4 Å². The number of hydrogen-bond donors (Lipinski definition) is 0. The third-order valence-corrected chi connectivity index (χ3v) is 6.78. The molecule has 1 atom stereocenters. The summed E-state index contributed by atoms with van der Waals surface area (Å²) in [7, 11) is 0. The Labute approximate surface area is 186 Å². The highest BCUT2D eigenvalue weighted by Gasteiger charge is 2.47. The second-order valence-electron chi connectivity index (χ2n) is 8.68. The van der Waals surface area contributed by atoms with Crippen LogP contribution in [0.15, 0.2) is 41.2 Å². The van der Waals surface area contributed by atoms with E-state index < -0.39 is 5.60 Å². The molecule has 5 rings (SSSR count). The van der Waals surface area contributed by atoms with E-state index in [0.29, 0.717) is 42.6 Å². The maximum atomic E-state index is 13.5. The zero-order valence-corrected chi connectivity index (χ0v) is 18.4.